The number of pyridine rings is 1. The van der Waals surface area contributed by atoms with Crippen LogP contribution in [0.1, 0.15) is 43.5 Å². The molecule has 0 spiro atoms. The van der Waals surface area contributed by atoms with Crippen molar-refractivity contribution in [2.75, 3.05) is 24.6 Å². The molecule has 4 rings (SSSR count). The number of carboxylic acid groups (broad SMARTS) is 1. The summed E-state index contributed by atoms with van der Waals surface area (Å²) in [7, 11) is 0. The molecule has 0 amide bonds. The minimum Gasteiger partial charge on any atom is -0.493 e. The van der Waals surface area contributed by atoms with Crippen LogP contribution in [0.25, 0.3) is 11.1 Å². The minimum absolute atomic E-state index is 0.182. The number of nitrogens with zero attached hydrogens (tertiary/aromatic N) is 2. The van der Waals surface area contributed by atoms with Crippen LogP contribution in [0, 0.1) is 11.2 Å². The zero-order valence-electron chi connectivity index (χ0n) is 20.8. The van der Waals surface area contributed by atoms with Crippen LogP contribution < -0.4 is 9.64 Å². The molecule has 1 aliphatic rings. The lowest BCUT2D eigenvalue weighted by molar-refractivity contribution is -0.136. The Labute approximate surface area is 210 Å². The Morgan fingerprint density at radius 1 is 1.08 bits per heavy atom. The Morgan fingerprint density at radius 2 is 1.75 bits per heavy atom. The predicted octanol–water partition coefficient (Wildman–Crippen LogP) is 6.23. The number of hydrogen-bond acceptors (Lipinski definition) is 4. The number of hydrogen-bond donors (Lipinski definition) is 1. The molecule has 0 bridgehead atoms. The van der Waals surface area contributed by atoms with E-state index in [0.717, 1.165) is 48.3 Å². The average Bonchev–Trinajstić information content (AvgIpc) is 2.85. The minimum atomic E-state index is -1.01. The Bertz CT molecular complexity index is 1180. The van der Waals surface area contributed by atoms with Gasteiger partial charge in [-0.1, -0.05) is 38.1 Å². The molecule has 1 fully saturated rings. The second-order valence-electron chi connectivity index (χ2n) is 10.1. The van der Waals surface area contributed by atoms with Gasteiger partial charge in [-0.2, -0.15) is 0 Å². The number of alkyl halides is 1. The van der Waals surface area contributed by atoms with Crippen molar-refractivity contribution in [2.24, 2.45) is 5.41 Å². The molecule has 190 valence electrons. The van der Waals surface area contributed by atoms with E-state index >= 15 is 0 Å². The van der Waals surface area contributed by atoms with Crippen molar-refractivity contribution in [3.63, 3.8) is 0 Å². The first-order chi connectivity index (χ1) is 17.3. The van der Waals surface area contributed by atoms with Gasteiger partial charge in [0.25, 0.3) is 0 Å². The molecule has 0 unspecified atom stereocenters. The highest BCUT2D eigenvalue weighted by atomic mass is 19.1. The lowest BCUT2D eigenvalue weighted by Gasteiger charge is -2.40. The van der Waals surface area contributed by atoms with Crippen LogP contribution >= 0.6 is 0 Å². The van der Waals surface area contributed by atoms with E-state index < -0.39 is 12.6 Å². The van der Waals surface area contributed by atoms with E-state index in [9.17, 15) is 18.7 Å². The molecule has 2 heterocycles. The first-order valence-electron chi connectivity index (χ1n) is 12.3. The molecule has 36 heavy (non-hydrogen) atoms. The molecular formula is C29H32F2N2O3. The monoisotopic (exact) mass is 494 g/mol. The van der Waals surface area contributed by atoms with Gasteiger partial charge in [-0.3, -0.25) is 9.78 Å². The number of benzene rings is 2. The Hall–Kier alpha value is -3.48. The average molecular weight is 495 g/mol. The molecule has 1 aliphatic heterocycles. The van der Waals surface area contributed by atoms with Crippen molar-refractivity contribution in [3.05, 3.63) is 77.4 Å². The topological polar surface area (TPSA) is 62.7 Å². The van der Waals surface area contributed by atoms with Gasteiger partial charge in [0, 0.05) is 36.8 Å². The molecule has 2 aromatic carbocycles. The number of rotatable bonds is 9. The number of ether oxygens (including phenoxy) is 1. The zero-order valence-corrected chi connectivity index (χ0v) is 20.8. The van der Waals surface area contributed by atoms with E-state index in [1.54, 1.807) is 18.3 Å². The second-order valence-corrected chi connectivity index (χ2v) is 10.1. The van der Waals surface area contributed by atoms with Crippen molar-refractivity contribution < 1.29 is 23.4 Å². The fourth-order valence-corrected chi connectivity index (χ4v) is 4.61. The molecule has 0 saturated carbocycles. The van der Waals surface area contributed by atoms with Gasteiger partial charge in [0.2, 0.25) is 0 Å². The number of carboxylic acids is 1. The van der Waals surface area contributed by atoms with Crippen LogP contribution in [0.15, 0.2) is 54.7 Å². The number of aromatic nitrogens is 1. The van der Waals surface area contributed by atoms with Gasteiger partial charge < -0.3 is 14.7 Å². The Kier molecular flexibility index (Phi) is 7.87. The maximum absolute atomic E-state index is 13.8. The first-order valence-corrected chi connectivity index (χ1v) is 12.3. The Balaban J connectivity index is 1.59. The fraction of sp³-hybridized carbons (Fsp3) is 0.379. The third-order valence-electron chi connectivity index (χ3n) is 6.86. The van der Waals surface area contributed by atoms with Gasteiger partial charge in [0.1, 0.15) is 18.2 Å². The van der Waals surface area contributed by atoms with Gasteiger partial charge >= 0.3 is 5.97 Å². The van der Waals surface area contributed by atoms with Crippen LogP contribution in [0.4, 0.5) is 14.5 Å². The zero-order chi connectivity index (χ0) is 25.7. The molecular weight excluding hydrogens is 462 g/mol. The summed E-state index contributed by atoms with van der Waals surface area (Å²) in [5, 5.41) is 9.57. The number of carbonyl (C=O) groups is 1. The summed E-state index contributed by atoms with van der Waals surface area (Å²) >= 11 is 0. The molecule has 0 radical (unpaired) electrons. The molecule has 1 saturated heterocycles. The third-order valence-corrected chi connectivity index (χ3v) is 6.86. The largest absolute Gasteiger partial charge is 0.493 e. The van der Waals surface area contributed by atoms with Gasteiger partial charge in [0.15, 0.2) is 0 Å². The van der Waals surface area contributed by atoms with Crippen LogP contribution in [0.5, 0.6) is 5.75 Å². The quantitative estimate of drug-likeness (QED) is 0.382. The highest BCUT2D eigenvalue weighted by molar-refractivity contribution is 5.84. The smallest absolute Gasteiger partial charge is 0.307 e. The standard InChI is InChI=1S/C29H32F2N2O3/c1-29(2)12-14-33(15-13-29)28-24(17-27(34)35)26(18-30)32-19-25(28)21-5-9-23(10-6-21)36-16-11-20-3-7-22(31)8-4-20/h3-10,19H,11-18H2,1-2H3,(H,34,35). The molecule has 5 nitrogen and oxygen atoms in total. The maximum atomic E-state index is 13.8. The van der Waals surface area contributed by atoms with E-state index in [-0.39, 0.29) is 23.3 Å². The van der Waals surface area contributed by atoms with Crippen molar-refractivity contribution in [3.8, 4) is 16.9 Å². The SMILES string of the molecule is CC1(C)CCN(c2c(-c3ccc(OCCc4ccc(F)cc4)cc3)cnc(CF)c2CC(=O)O)CC1. The summed E-state index contributed by atoms with van der Waals surface area (Å²) in [6.45, 7) is 5.65. The summed E-state index contributed by atoms with van der Waals surface area (Å²) in [5.74, 6) is -0.572. The lowest BCUT2D eigenvalue weighted by Crippen LogP contribution is -2.38. The Morgan fingerprint density at radius 3 is 2.36 bits per heavy atom. The number of piperidine rings is 1. The maximum Gasteiger partial charge on any atom is 0.307 e. The molecule has 0 atom stereocenters. The second kappa shape index (κ2) is 11.1. The van der Waals surface area contributed by atoms with Crippen molar-refractivity contribution in [1.29, 1.82) is 0 Å². The summed E-state index contributed by atoms with van der Waals surface area (Å²) in [5.41, 5.74) is 4.26. The van der Waals surface area contributed by atoms with Gasteiger partial charge in [-0.15, -0.1) is 0 Å². The molecule has 1 N–H and O–H groups in total. The fourth-order valence-electron chi connectivity index (χ4n) is 4.61. The first kappa shape index (κ1) is 25.6. The van der Waals surface area contributed by atoms with E-state index in [1.807, 2.05) is 24.3 Å². The van der Waals surface area contributed by atoms with Crippen LogP contribution in [-0.2, 0) is 24.3 Å². The molecule has 7 heteroatoms. The van der Waals surface area contributed by atoms with Crippen molar-refractivity contribution >= 4 is 11.7 Å². The number of anilines is 1. The van der Waals surface area contributed by atoms with E-state index in [0.29, 0.717) is 24.3 Å². The number of aliphatic carboxylic acids is 1. The predicted molar refractivity (Wildman–Crippen MR) is 137 cm³/mol. The van der Waals surface area contributed by atoms with Crippen molar-refractivity contribution in [1.82, 2.24) is 4.98 Å². The third kappa shape index (κ3) is 6.20. The van der Waals surface area contributed by atoms with E-state index in [4.69, 9.17) is 4.74 Å². The highest BCUT2D eigenvalue weighted by Gasteiger charge is 2.29. The van der Waals surface area contributed by atoms with Gasteiger partial charge in [-0.05, 0) is 53.6 Å². The normalized spacial score (nSPS) is 15.1. The van der Waals surface area contributed by atoms with E-state index in [2.05, 4.69) is 23.7 Å². The molecule has 0 aliphatic carbocycles. The summed E-state index contributed by atoms with van der Waals surface area (Å²) in [6.07, 6.45) is 3.96. The summed E-state index contributed by atoms with van der Waals surface area (Å²) in [6, 6.07) is 13.9. The van der Waals surface area contributed by atoms with Gasteiger partial charge in [0.05, 0.1) is 24.4 Å². The van der Waals surface area contributed by atoms with Gasteiger partial charge in [-0.25, -0.2) is 8.78 Å². The van der Waals surface area contributed by atoms with Crippen LogP contribution in [-0.4, -0.2) is 35.8 Å². The van der Waals surface area contributed by atoms with E-state index in [1.165, 1.54) is 12.1 Å². The number of halogens is 2. The molecule has 3 aromatic rings. The lowest BCUT2D eigenvalue weighted by atomic mass is 9.82. The summed E-state index contributed by atoms with van der Waals surface area (Å²) in [4.78, 5) is 18.2. The highest BCUT2D eigenvalue weighted by Crippen LogP contribution is 2.40. The molecule has 1 aromatic heterocycles. The summed E-state index contributed by atoms with van der Waals surface area (Å²) < 4.78 is 32.8. The van der Waals surface area contributed by atoms with Crippen molar-refractivity contribution in [2.45, 2.75) is 46.2 Å². The van der Waals surface area contributed by atoms with Crippen LogP contribution in [0.2, 0.25) is 0 Å². The van der Waals surface area contributed by atoms with Crippen LogP contribution in [0.3, 0.4) is 0 Å².